The van der Waals surface area contributed by atoms with E-state index < -0.39 is 56.2 Å². The summed E-state index contributed by atoms with van der Waals surface area (Å²) in [5, 5.41) is 0.0478. The summed E-state index contributed by atoms with van der Waals surface area (Å²) in [6.07, 6.45) is 2.39. The molecule has 0 fully saturated rings. The summed E-state index contributed by atoms with van der Waals surface area (Å²) in [5.41, 5.74) is -1.03. The number of allylic oxidation sites excluding steroid dienone is 3. The fraction of sp³-hybridized carbons (Fsp3) is 0.105. The van der Waals surface area contributed by atoms with E-state index in [1.165, 1.54) is 12.4 Å². The molecule has 0 bridgehead atoms. The van der Waals surface area contributed by atoms with Crippen LogP contribution in [0.1, 0.15) is 10.4 Å². The molecular weight excluding hydrogens is 454 g/mol. The molecule has 2 atom stereocenters. The molecule has 8 nitrogen and oxygen atoms in total. The lowest BCUT2D eigenvalue weighted by Crippen LogP contribution is -2.35. The number of sulfonamides is 1. The number of carbonyl (C=O) groups is 1. The molecule has 0 saturated heterocycles. The van der Waals surface area contributed by atoms with Crippen molar-refractivity contribution >= 4 is 38.5 Å². The van der Waals surface area contributed by atoms with Gasteiger partial charge in [-0.15, -0.1) is 0 Å². The highest BCUT2D eigenvalue weighted by molar-refractivity contribution is 7.93. The fourth-order valence-corrected chi connectivity index (χ4v) is 4.31. The van der Waals surface area contributed by atoms with Crippen molar-refractivity contribution in [3.05, 3.63) is 72.0 Å². The number of aromatic nitrogens is 3. The average molecular weight is 467 g/mol. The highest BCUT2D eigenvalue weighted by Gasteiger charge is 2.34. The number of rotatable bonds is 5. The number of benzene rings is 1. The first-order valence-electron chi connectivity index (χ1n) is 8.95. The van der Waals surface area contributed by atoms with Crippen LogP contribution in [0.15, 0.2) is 54.8 Å². The molecule has 32 heavy (non-hydrogen) atoms. The average Bonchev–Trinajstić information content (AvgIpc) is 3.22. The molecule has 0 aliphatic heterocycles. The lowest BCUT2D eigenvalue weighted by molar-refractivity contribution is 0.102. The second-order valence-corrected chi connectivity index (χ2v) is 8.54. The van der Waals surface area contributed by atoms with Gasteiger partial charge in [-0.3, -0.25) is 9.52 Å². The van der Waals surface area contributed by atoms with E-state index in [2.05, 4.69) is 15.0 Å². The Hall–Kier alpha value is -3.74. The SMILES string of the molecule is O=C(Nc1c(F)ccc(NS(=O)(=O)C2C=C(F)C=CC2F)c1F)c1cnc2nc[nH]c2c1. The smallest absolute Gasteiger partial charge is 0.257 e. The Labute approximate surface area is 178 Å². The first-order chi connectivity index (χ1) is 15.2. The van der Waals surface area contributed by atoms with E-state index in [9.17, 15) is 30.8 Å². The van der Waals surface area contributed by atoms with E-state index in [0.717, 1.165) is 18.3 Å². The first kappa shape index (κ1) is 21.5. The molecule has 2 unspecified atom stereocenters. The monoisotopic (exact) mass is 467 g/mol. The highest BCUT2D eigenvalue weighted by Crippen LogP contribution is 2.29. The van der Waals surface area contributed by atoms with Crippen molar-refractivity contribution in [3.8, 4) is 0 Å². The first-order valence-corrected chi connectivity index (χ1v) is 10.5. The minimum atomic E-state index is -4.66. The van der Waals surface area contributed by atoms with Gasteiger partial charge >= 0.3 is 0 Å². The normalized spacial score (nSPS) is 18.4. The summed E-state index contributed by atoms with van der Waals surface area (Å²) in [6, 6.07) is 2.81. The number of hydrogen-bond acceptors (Lipinski definition) is 5. The van der Waals surface area contributed by atoms with Gasteiger partial charge in [0.2, 0.25) is 10.0 Å². The number of alkyl halides is 1. The Morgan fingerprint density at radius 1 is 1.16 bits per heavy atom. The molecule has 1 amide bonds. The number of hydrogen-bond donors (Lipinski definition) is 3. The topological polar surface area (TPSA) is 117 Å². The van der Waals surface area contributed by atoms with E-state index in [4.69, 9.17) is 0 Å². The zero-order chi connectivity index (χ0) is 23.0. The van der Waals surface area contributed by atoms with Crippen LogP contribution in [-0.4, -0.2) is 40.7 Å². The number of H-pyrrole nitrogens is 1. The van der Waals surface area contributed by atoms with Crippen LogP contribution in [0.25, 0.3) is 11.2 Å². The molecule has 2 heterocycles. The van der Waals surface area contributed by atoms with Crippen LogP contribution in [-0.2, 0) is 10.0 Å². The highest BCUT2D eigenvalue weighted by atomic mass is 32.2. The number of amides is 1. The van der Waals surface area contributed by atoms with Crippen molar-refractivity contribution < 1.29 is 30.8 Å². The Bertz CT molecular complexity index is 1390. The van der Waals surface area contributed by atoms with E-state index in [0.29, 0.717) is 29.4 Å². The zero-order valence-corrected chi connectivity index (χ0v) is 16.6. The molecule has 1 aliphatic carbocycles. The van der Waals surface area contributed by atoms with Crippen LogP contribution in [0.5, 0.6) is 0 Å². The number of anilines is 2. The summed E-state index contributed by atoms with van der Waals surface area (Å²) in [5.74, 6) is -4.56. The summed E-state index contributed by atoms with van der Waals surface area (Å²) in [7, 11) is -4.66. The van der Waals surface area contributed by atoms with Gasteiger partial charge in [-0.05, 0) is 36.4 Å². The molecule has 166 valence electrons. The minimum Gasteiger partial charge on any atom is -0.343 e. The molecule has 0 radical (unpaired) electrons. The Kier molecular flexibility index (Phi) is 5.42. The maximum absolute atomic E-state index is 14.9. The van der Waals surface area contributed by atoms with Crippen molar-refractivity contribution in [1.82, 2.24) is 15.0 Å². The Morgan fingerprint density at radius 3 is 2.72 bits per heavy atom. The van der Waals surface area contributed by atoms with Crippen molar-refractivity contribution in [1.29, 1.82) is 0 Å². The van der Waals surface area contributed by atoms with Gasteiger partial charge in [-0.2, -0.15) is 0 Å². The van der Waals surface area contributed by atoms with Gasteiger partial charge in [0.05, 0.1) is 23.1 Å². The van der Waals surface area contributed by atoms with Gasteiger partial charge in [0, 0.05) is 6.20 Å². The molecule has 13 heteroatoms. The predicted molar refractivity (Wildman–Crippen MR) is 108 cm³/mol. The molecule has 2 aromatic heterocycles. The number of aromatic amines is 1. The minimum absolute atomic E-state index is 0.0542. The summed E-state index contributed by atoms with van der Waals surface area (Å²) in [4.78, 5) is 23.0. The predicted octanol–water partition coefficient (Wildman–Crippen LogP) is 3.36. The molecule has 3 N–H and O–H groups in total. The number of halogens is 4. The molecule has 0 spiro atoms. The lowest BCUT2D eigenvalue weighted by atomic mass is 10.1. The quantitative estimate of drug-likeness (QED) is 0.498. The summed E-state index contributed by atoms with van der Waals surface area (Å²) >= 11 is 0. The van der Waals surface area contributed by atoms with Crippen LogP contribution < -0.4 is 10.0 Å². The maximum atomic E-state index is 14.9. The summed E-state index contributed by atoms with van der Waals surface area (Å²) < 4.78 is 83.1. The lowest BCUT2D eigenvalue weighted by Gasteiger charge is -2.20. The molecule has 1 aromatic carbocycles. The van der Waals surface area contributed by atoms with Crippen LogP contribution >= 0.6 is 0 Å². The maximum Gasteiger partial charge on any atom is 0.257 e. The Balaban J connectivity index is 1.61. The van der Waals surface area contributed by atoms with Gasteiger partial charge in [-0.1, -0.05) is 0 Å². The van der Waals surface area contributed by atoms with E-state index in [1.807, 2.05) is 5.32 Å². The number of nitrogens with one attached hydrogen (secondary N) is 3. The summed E-state index contributed by atoms with van der Waals surface area (Å²) in [6.45, 7) is 0. The molecule has 0 saturated carbocycles. The standard InChI is InChI=1S/C19H13F4N5O3S/c20-10-1-2-11(21)15(6-10)32(30,31)28-13-4-3-12(22)17(16(13)23)27-19(29)9-5-14-18(24-7-9)26-8-25-14/h1-8,11,15,28H,(H,27,29)(H,24,25,26). The van der Waals surface area contributed by atoms with Crippen molar-refractivity contribution in [2.24, 2.45) is 0 Å². The largest absolute Gasteiger partial charge is 0.343 e. The Morgan fingerprint density at radius 2 is 1.94 bits per heavy atom. The van der Waals surface area contributed by atoms with Gasteiger partial charge in [0.1, 0.15) is 28.8 Å². The van der Waals surface area contributed by atoms with Crippen LogP contribution in [0.3, 0.4) is 0 Å². The number of nitrogens with zero attached hydrogens (tertiary/aromatic N) is 2. The number of carbonyl (C=O) groups excluding carboxylic acids is 1. The van der Waals surface area contributed by atoms with Gasteiger partial charge in [-0.25, -0.2) is 35.9 Å². The third kappa shape index (κ3) is 4.06. The van der Waals surface area contributed by atoms with Crippen molar-refractivity contribution in [2.75, 3.05) is 10.0 Å². The van der Waals surface area contributed by atoms with Crippen LogP contribution in [0.4, 0.5) is 28.9 Å². The number of imidazole rings is 1. The third-order valence-electron chi connectivity index (χ3n) is 4.55. The van der Waals surface area contributed by atoms with Gasteiger partial charge in [0.15, 0.2) is 11.5 Å². The van der Waals surface area contributed by atoms with Crippen molar-refractivity contribution in [3.63, 3.8) is 0 Å². The molecule has 4 rings (SSSR count). The van der Waals surface area contributed by atoms with Gasteiger partial charge < -0.3 is 10.3 Å². The van der Waals surface area contributed by atoms with E-state index in [-0.39, 0.29) is 5.56 Å². The second-order valence-electron chi connectivity index (χ2n) is 6.70. The third-order valence-corrected chi connectivity index (χ3v) is 6.17. The fourth-order valence-electron chi connectivity index (χ4n) is 2.97. The number of fused-ring (bicyclic) bond motifs is 1. The number of pyridine rings is 1. The van der Waals surface area contributed by atoms with Crippen LogP contribution in [0.2, 0.25) is 0 Å². The second kappa shape index (κ2) is 8.07. The zero-order valence-electron chi connectivity index (χ0n) is 15.8. The molecule has 1 aliphatic rings. The van der Waals surface area contributed by atoms with Crippen molar-refractivity contribution in [2.45, 2.75) is 11.4 Å². The van der Waals surface area contributed by atoms with Crippen LogP contribution in [0, 0.1) is 11.6 Å². The molecular formula is C19H13F4N5O3S. The van der Waals surface area contributed by atoms with E-state index >= 15 is 0 Å². The van der Waals surface area contributed by atoms with E-state index in [1.54, 1.807) is 4.72 Å². The molecule has 3 aromatic rings. The van der Waals surface area contributed by atoms with Gasteiger partial charge in [0.25, 0.3) is 5.91 Å².